The van der Waals surface area contributed by atoms with E-state index in [4.69, 9.17) is 4.74 Å². The van der Waals surface area contributed by atoms with Crippen LogP contribution >= 0.6 is 0 Å². The second-order valence-electron chi connectivity index (χ2n) is 4.39. The zero-order valence-corrected chi connectivity index (χ0v) is 11.1. The molecule has 0 bridgehead atoms. The molecule has 18 heavy (non-hydrogen) atoms. The summed E-state index contributed by atoms with van der Waals surface area (Å²) in [5, 5.41) is 22.6. The van der Waals surface area contributed by atoms with Crippen molar-refractivity contribution in [1.82, 2.24) is 5.32 Å². The fourth-order valence-corrected chi connectivity index (χ4v) is 1.79. The Kier molecular flexibility index (Phi) is 6.72. The molecule has 4 nitrogen and oxygen atoms in total. The maximum atomic E-state index is 9.98. The van der Waals surface area contributed by atoms with E-state index in [-0.39, 0.29) is 6.10 Å². The molecule has 1 rings (SSSR count). The van der Waals surface area contributed by atoms with Crippen LogP contribution in [0.25, 0.3) is 0 Å². The Morgan fingerprint density at radius 1 is 1.28 bits per heavy atom. The zero-order valence-electron chi connectivity index (χ0n) is 11.1. The Morgan fingerprint density at radius 3 is 2.72 bits per heavy atom. The van der Waals surface area contributed by atoms with Crippen molar-refractivity contribution in [3.63, 3.8) is 0 Å². The lowest BCUT2D eigenvalue weighted by Crippen LogP contribution is -2.30. The Morgan fingerprint density at radius 2 is 2.06 bits per heavy atom. The Labute approximate surface area is 109 Å². The minimum atomic E-state index is -0.589. The number of hydrogen-bond acceptors (Lipinski definition) is 4. The predicted molar refractivity (Wildman–Crippen MR) is 71.7 cm³/mol. The second kappa shape index (κ2) is 8.08. The van der Waals surface area contributed by atoms with Gasteiger partial charge in [-0.1, -0.05) is 25.5 Å². The molecular weight excluding hydrogens is 230 g/mol. The Balaban J connectivity index is 2.37. The molecule has 0 radical (unpaired) electrons. The van der Waals surface area contributed by atoms with E-state index < -0.39 is 6.10 Å². The van der Waals surface area contributed by atoms with Crippen molar-refractivity contribution in [2.45, 2.75) is 32.0 Å². The molecule has 4 heteroatoms. The van der Waals surface area contributed by atoms with Gasteiger partial charge in [-0.25, -0.2) is 0 Å². The van der Waals surface area contributed by atoms with Crippen LogP contribution in [0, 0.1) is 0 Å². The largest absolute Gasteiger partial charge is 0.497 e. The van der Waals surface area contributed by atoms with Crippen LogP contribution in [0.5, 0.6) is 5.75 Å². The van der Waals surface area contributed by atoms with Crippen molar-refractivity contribution in [3.05, 3.63) is 29.8 Å². The molecule has 0 amide bonds. The van der Waals surface area contributed by atoms with E-state index in [0.717, 1.165) is 24.2 Å². The smallest absolute Gasteiger partial charge is 0.119 e. The molecule has 102 valence electrons. The van der Waals surface area contributed by atoms with Gasteiger partial charge in [0.25, 0.3) is 0 Å². The first kappa shape index (κ1) is 15.0. The van der Waals surface area contributed by atoms with Crippen molar-refractivity contribution < 1.29 is 14.9 Å². The standard InChI is InChI=1S/C14H23NO3/c1-3-5-12(16)9-15-10-14(17)11-6-4-7-13(8-11)18-2/h4,6-8,12,14-17H,3,5,9-10H2,1-2H3. The monoisotopic (exact) mass is 253 g/mol. The SMILES string of the molecule is CCCC(O)CNCC(O)c1cccc(OC)c1. The van der Waals surface area contributed by atoms with E-state index in [1.165, 1.54) is 0 Å². The summed E-state index contributed by atoms with van der Waals surface area (Å²) in [6.07, 6.45) is 0.810. The lowest BCUT2D eigenvalue weighted by Gasteiger charge is -2.15. The van der Waals surface area contributed by atoms with E-state index in [9.17, 15) is 10.2 Å². The summed E-state index contributed by atoms with van der Waals surface area (Å²) in [5.74, 6) is 0.734. The summed E-state index contributed by atoms with van der Waals surface area (Å²) in [7, 11) is 1.60. The highest BCUT2D eigenvalue weighted by Gasteiger charge is 2.09. The fraction of sp³-hybridized carbons (Fsp3) is 0.571. The number of aliphatic hydroxyl groups is 2. The van der Waals surface area contributed by atoms with Crippen LogP contribution in [0.3, 0.4) is 0 Å². The van der Waals surface area contributed by atoms with Crippen molar-refractivity contribution in [1.29, 1.82) is 0 Å². The minimum Gasteiger partial charge on any atom is -0.497 e. The van der Waals surface area contributed by atoms with E-state index in [1.807, 2.05) is 31.2 Å². The molecule has 0 saturated heterocycles. The van der Waals surface area contributed by atoms with Crippen LogP contribution in [0.1, 0.15) is 31.4 Å². The van der Waals surface area contributed by atoms with Crippen LogP contribution in [-0.2, 0) is 0 Å². The first-order chi connectivity index (χ1) is 8.67. The van der Waals surface area contributed by atoms with Gasteiger partial charge < -0.3 is 20.3 Å². The lowest BCUT2D eigenvalue weighted by molar-refractivity contribution is 0.140. The summed E-state index contributed by atoms with van der Waals surface area (Å²) in [6.45, 7) is 2.97. The number of nitrogens with one attached hydrogen (secondary N) is 1. The normalized spacial score (nSPS) is 14.2. The highest BCUT2D eigenvalue weighted by atomic mass is 16.5. The van der Waals surface area contributed by atoms with Gasteiger partial charge in [-0.3, -0.25) is 0 Å². The van der Waals surface area contributed by atoms with Gasteiger partial charge in [-0.15, -0.1) is 0 Å². The molecule has 0 aliphatic rings. The van der Waals surface area contributed by atoms with E-state index in [2.05, 4.69) is 5.32 Å². The van der Waals surface area contributed by atoms with Gasteiger partial charge in [0.1, 0.15) is 5.75 Å². The molecule has 3 N–H and O–H groups in total. The molecule has 0 heterocycles. The Hall–Kier alpha value is -1.10. The predicted octanol–water partition coefficient (Wildman–Crippen LogP) is 1.48. The number of aliphatic hydroxyl groups excluding tert-OH is 2. The maximum absolute atomic E-state index is 9.98. The summed E-state index contributed by atoms with van der Waals surface area (Å²) in [6, 6.07) is 7.37. The third-order valence-electron chi connectivity index (χ3n) is 2.82. The number of benzene rings is 1. The molecule has 0 spiro atoms. The highest BCUT2D eigenvalue weighted by molar-refractivity contribution is 5.29. The fourth-order valence-electron chi connectivity index (χ4n) is 1.79. The zero-order chi connectivity index (χ0) is 13.4. The molecule has 1 aromatic carbocycles. The van der Waals surface area contributed by atoms with Crippen molar-refractivity contribution >= 4 is 0 Å². The van der Waals surface area contributed by atoms with Gasteiger partial charge in [-0.2, -0.15) is 0 Å². The van der Waals surface area contributed by atoms with Gasteiger partial charge in [0.15, 0.2) is 0 Å². The van der Waals surface area contributed by atoms with Crippen molar-refractivity contribution in [2.75, 3.05) is 20.2 Å². The third-order valence-corrected chi connectivity index (χ3v) is 2.82. The van der Waals surface area contributed by atoms with Crippen LogP contribution in [-0.4, -0.2) is 36.5 Å². The topological polar surface area (TPSA) is 61.7 Å². The van der Waals surface area contributed by atoms with Gasteiger partial charge in [0.05, 0.1) is 19.3 Å². The molecule has 2 atom stereocenters. The van der Waals surface area contributed by atoms with Crippen molar-refractivity contribution in [2.24, 2.45) is 0 Å². The van der Waals surface area contributed by atoms with E-state index in [0.29, 0.717) is 13.1 Å². The molecular formula is C14H23NO3. The number of ether oxygens (including phenoxy) is 1. The molecule has 0 fully saturated rings. The van der Waals surface area contributed by atoms with Crippen LogP contribution in [0.4, 0.5) is 0 Å². The van der Waals surface area contributed by atoms with Gasteiger partial charge in [0.2, 0.25) is 0 Å². The number of rotatable bonds is 8. The third kappa shape index (κ3) is 5.04. The first-order valence-electron chi connectivity index (χ1n) is 6.38. The summed E-state index contributed by atoms with van der Waals surface area (Å²) in [5.41, 5.74) is 0.812. The van der Waals surface area contributed by atoms with E-state index >= 15 is 0 Å². The molecule has 0 aliphatic heterocycles. The van der Waals surface area contributed by atoms with Crippen LogP contribution in [0.2, 0.25) is 0 Å². The molecule has 2 unspecified atom stereocenters. The molecule has 0 aromatic heterocycles. The quantitative estimate of drug-likeness (QED) is 0.656. The lowest BCUT2D eigenvalue weighted by atomic mass is 10.1. The van der Waals surface area contributed by atoms with E-state index in [1.54, 1.807) is 7.11 Å². The number of hydrogen-bond donors (Lipinski definition) is 3. The average Bonchev–Trinajstić information content (AvgIpc) is 2.39. The summed E-state index contributed by atoms with van der Waals surface area (Å²) < 4.78 is 5.11. The minimum absolute atomic E-state index is 0.340. The summed E-state index contributed by atoms with van der Waals surface area (Å²) >= 11 is 0. The van der Waals surface area contributed by atoms with Gasteiger partial charge >= 0.3 is 0 Å². The molecule has 1 aromatic rings. The average molecular weight is 253 g/mol. The first-order valence-corrected chi connectivity index (χ1v) is 6.38. The van der Waals surface area contributed by atoms with Gasteiger partial charge in [0, 0.05) is 13.1 Å². The van der Waals surface area contributed by atoms with Crippen LogP contribution < -0.4 is 10.1 Å². The highest BCUT2D eigenvalue weighted by Crippen LogP contribution is 2.18. The maximum Gasteiger partial charge on any atom is 0.119 e. The second-order valence-corrected chi connectivity index (χ2v) is 4.39. The molecule has 0 saturated carbocycles. The van der Waals surface area contributed by atoms with Gasteiger partial charge in [-0.05, 0) is 24.1 Å². The number of methoxy groups -OCH3 is 1. The summed E-state index contributed by atoms with van der Waals surface area (Å²) in [4.78, 5) is 0. The van der Waals surface area contributed by atoms with Crippen molar-refractivity contribution in [3.8, 4) is 5.75 Å². The molecule has 0 aliphatic carbocycles. The Bertz CT molecular complexity index is 344. The van der Waals surface area contributed by atoms with Crippen LogP contribution in [0.15, 0.2) is 24.3 Å².